The highest BCUT2D eigenvalue weighted by Gasteiger charge is 2.42. The number of hydrogen-bond acceptors (Lipinski definition) is 0. The molecule has 2 rings (SSSR count). The van der Waals surface area contributed by atoms with Gasteiger partial charge in [-0.15, -0.1) is 0 Å². The molecule has 4 atom stereocenters. The summed E-state index contributed by atoms with van der Waals surface area (Å²) in [5.41, 5.74) is 0. The van der Waals surface area contributed by atoms with Gasteiger partial charge in [0.05, 0.1) is 0 Å². The van der Waals surface area contributed by atoms with Crippen molar-refractivity contribution >= 4 is 0 Å². The normalized spacial score (nSPS) is 41.4. The van der Waals surface area contributed by atoms with E-state index < -0.39 is 12.3 Å². The molecule has 0 bridgehead atoms. The third-order valence-electron chi connectivity index (χ3n) is 5.41. The van der Waals surface area contributed by atoms with Crippen LogP contribution < -0.4 is 0 Å². The minimum atomic E-state index is -1.21. The molecule has 0 aromatic rings. The van der Waals surface area contributed by atoms with Gasteiger partial charge in [0, 0.05) is 0 Å². The molecule has 4 heteroatoms. The van der Waals surface area contributed by atoms with E-state index in [4.69, 9.17) is 0 Å². The summed E-state index contributed by atoms with van der Waals surface area (Å²) in [7, 11) is 0. The molecule has 2 fully saturated rings. The van der Waals surface area contributed by atoms with Gasteiger partial charge < -0.3 is 11.0 Å². The lowest BCUT2D eigenvalue weighted by molar-refractivity contribution is -0.00664. The van der Waals surface area contributed by atoms with Crippen molar-refractivity contribution in [1.29, 1.82) is 0 Å². The van der Waals surface area contributed by atoms with Gasteiger partial charge in [0.1, 0.15) is 12.3 Å². The second-order valence-corrected chi connectivity index (χ2v) is 6.68. The summed E-state index contributed by atoms with van der Waals surface area (Å²) < 4.78 is 27.9. The van der Waals surface area contributed by atoms with Crippen LogP contribution in [0.5, 0.6) is 0 Å². The maximum Gasteiger partial charge on any atom is 0.134 e. The van der Waals surface area contributed by atoms with Gasteiger partial charge in [-0.05, 0) is 49.4 Å². The van der Waals surface area contributed by atoms with E-state index in [0.717, 1.165) is 31.6 Å². The Bertz CT molecular complexity index is 255. The van der Waals surface area contributed by atoms with Crippen LogP contribution >= 0.6 is 0 Å². The zero-order valence-electron chi connectivity index (χ0n) is 12.9. The third kappa shape index (κ3) is 4.39. The van der Waals surface area contributed by atoms with E-state index in [-0.39, 0.29) is 22.8 Å². The summed E-state index contributed by atoms with van der Waals surface area (Å²) in [5.74, 6) is 1.25. The van der Waals surface area contributed by atoms with Crippen LogP contribution in [-0.2, 0) is 0 Å². The summed E-state index contributed by atoms with van der Waals surface area (Å²) in [6.07, 6.45) is 6.72. The molecule has 0 aromatic heterocycles. The van der Waals surface area contributed by atoms with Crippen LogP contribution in [0, 0.1) is 23.7 Å². The number of halogens is 2. The molecule has 2 nitrogen and oxygen atoms in total. The van der Waals surface area contributed by atoms with E-state index in [0.29, 0.717) is 5.92 Å². The second kappa shape index (κ2) is 8.93. The highest BCUT2D eigenvalue weighted by molar-refractivity contribution is 4.91. The topological polar surface area (TPSA) is 63.0 Å². The SMILES string of the molecule is CCCC1CCC(C2CCC(C)C(F)C2F)CC1.O.O. The van der Waals surface area contributed by atoms with Gasteiger partial charge in [-0.3, -0.25) is 0 Å². The van der Waals surface area contributed by atoms with E-state index in [1.807, 2.05) is 6.92 Å². The first kappa shape index (κ1) is 19.8. The molecule has 0 saturated heterocycles. The Morgan fingerprint density at radius 2 is 1.45 bits per heavy atom. The van der Waals surface area contributed by atoms with Crippen LogP contribution in [0.4, 0.5) is 8.78 Å². The fourth-order valence-corrected chi connectivity index (χ4v) is 4.13. The van der Waals surface area contributed by atoms with Gasteiger partial charge in [0.2, 0.25) is 0 Å². The summed E-state index contributed by atoms with van der Waals surface area (Å²) >= 11 is 0. The smallest absolute Gasteiger partial charge is 0.134 e. The Kier molecular flexibility index (Phi) is 8.83. The molecule has 4 unspecified atom stereocenters. The largest absolute Gasteiger partial charge is 0.412 e. The Morgan fingerprint density at radius 3 is 2.00 bits per heavy atom. The third-order valence-corrected chi connectivity index (χ3v) is 5.41. The molecule has 2 saturated carbocycles. The zero-order chi connectivity index (χ0) is 13.1. The van der Waals surface area contributed by atoms with Gasteiger partial charge in [0.25, 0.3) is 0 Å². The molecule has 2 aliphatic carbocycles. The summed E-state index contributed by atoms with van der Waals surface area (Å²) in [6, 6.07) is 0. The Balaban J connectivity index is 0.00000180. The second-order valence-electron chi connectivity index (χ2n) is 6.68. The first-order chi connectivity index (χ1) is 8.63. The summed E-state index contributed by atoms with van der Waals surface area (Å²) in [4.78, 5) is 0. The van der Waals surface area contributed by atoms with E-state index in [9.17, 15) is 8.78 Å². The first-order valence-corrected chi connectivity index (χ1v) is 7.91. The number of alkyl halides is 2. The quantitative estimate of drug-likeness (QED) is 0.762. The average Bonchev–Trinajstić information content (AvgIpc) is 2.38. The molecular weight excluding hydrogens is 262 g/mol. The fourth-order valence-electron chi connectivity index (χ4n) is 4.13. The number of hydrogen-bond donors (Lipinski definition) is 0. The maximum atomic E-state index is 14.1. The van der Waals surface area contributed by atoms with Crippen LogP contribution in [0.3, 0.4) is 0 Å². The van der Waals surface area contributed by atoms with Gasteiger partial charge >= 0.3 is 0 Å². The lowest BCUT2D eigenvalue weighted by Crippen LogP contribution is -2.41. The van der Waals surface area contributed by atoms with Crippen molar-refractivity contribution in [2.45, 2.75) is 77.6 Å². The minimum Gasteiger partial charge on any atom is -0.412 e. The molecule has 0 amide bonds. The van der Waals surface area contributed by atoms with Gasteiger partial charge in [-0.1, -0.05) is 39.5 Å². The molecule has 0 radical (unpaired) electrons. The zero-order valence-corrected chi connectivity index (χ0v) is 12.9. The van der Waals surface area contributed by atoms with Gasteiger partial charge in [-0.2, -0.15) is 0 Å². The predicted molar refractivity (Wildman–Crippen MR) is 79.3 cm³/mol. The monoisotopic (exact) mass is 294 g/mol. The highest BCUT2D eigenvalue weighted by atomic mass is 19.2. The van der Waals surface area contributed by atoms with Crippen molar-refractivity contribution in [3.05, 3.63) is 0 Å². The van der Waals surface area contributed by atoms with E-state index in [2.05, 4.69) is 6.92 Å². The highest BCUT2D eigenvalue weighted by Crippen LogP contribution is 2.44. The van der Waals surface area contributed by atoms with Crippen LogP contribution in [0.15, 0.2) is 0 Å². The van der Waals surface area contributed by atoms with E-state index in [1.54, 1.807) is 0 Å². The lowest BCUT2D eigenvalue weighted by atomic mass is 9.67. The molecule has 0 aromatic carbocycles. The van der Waals surface area contributed by atoms with Crippen molar-refractivity contribution in [1.82, 2.24) is 0 Å². The van der Waals surface area contributed by atoms with Crippen LogP contribution in [0.25, 0.3) is 0 Å². The molecule has 122 valence electrons. The van der Waals surface area contributed by atoms with Gasteiger partial charge in [-0.25, -0.2) is 8.78 Å². The van der Waals surface area contributed by atoms with Crippen LogP contribution in [0.1, 0.15) is 65.2 Å². The number of rotatable bonds is 3. The lowest BCUT2D eigenvalue weighted by Gasteiger charge is -2.40. The van der Waals surface area contributed by atoms with Crippen LogP contribution in [0.2, 0.25) is 0 Å². The first-order valence-electron chi connectivity index (χ1n) is 7.91. The molecule has 20 heavy (non-hydrogen) atoms. The standard InChI is InChI=1S/C16H28F2.2H2O/c1-3-4-12-6-8-13(9-7-12)14-10-5-11(2)15(17)16(14)18;;/h11-16H,3-10H2,1-2H3;2*1H2. The summed E-state index contributed by atoms with van der Waals surface area (Å²) in [6.45, 7) is 4.09. The van der Waals surface area contributed by atoms with Crippen molar-refractivity contribution in [2.24, 2.45) is 23.7 Å². The molecule has 0 heterocycles. The van der Waals surface area contributed by atoms with Crippen molar-refractivity contribution < 1.29 is 19.7 Å². The molecular formula is C16H32F2O2. The molecule has 0 aliphatic heterocycles. The van der Waals surface area contributed by atoms with Crippen molar-refractivity contribution in [3.63, 3.8) is 0 Å². The van der Waals surface area contributed by atoms with Crippen molar-refractivity contribution in [3.8, 4) is 0 Å². The Hall–Kier alpha value is -0.220. The molecule has 2 aliphatic rings. The minimum absolute atomic E-state index is 0. The maximum absolute atomic E-state index is 14.1. The van der Waals surface area contributed by atoms with Gasteiger partial charge in [0.15, 0.2) is 0 Å². The fraction of sp³-hybridized carbons (Fsp3) is 1.00. The Labute approximate surface area is 121 Å². The average molecular weight is 294 g/mol. The Morgan fingerprint density at radius 1 is 0.850 bits per heavy atom. The van der Waals surface area contributed by atoms with E-state index in [1.165, 1.54) is 25.7 Å². The summed E-state index contributed by atoms with van der Waals surface area (Å²) in [5, 5.41) is 0. The molecule has 4 N–H and O–H groups in total. The van der Waals surface area contributed by atoms with Crippen molar-refractivity contribution in [2.75, 3.05) is 0 Å². The van der Waals surface area contributed by atoms with Crippen LogP contribution in [-0.4, -0.2) is 23.3 Å². The van der Waals surface area contributed by atoms with E-state index >= 15 is 0 Å². The molecule has 0 spiro atoms. The predicted octanol–water partition coefficient (Wildman–Crippen LogP) is 3.67.